The minimum Gasteiger partial charge on any atom is -0.466 e. The Morgan fingerprint density at radius 3 is 2.05 bits per heavy atom. The van der Waals surface area contributed by atoms with Crippen LogP contribution in [0.25, 0.3) is 0 Å². The molecule has 2 atom stereocenters. The van der Waals surface area contributed by atoms with Crippen LogP contribution in [0.2, 0.25) is 0 Å². The van der Waals surface area contributed by atoms with Crippen LogP contribution in [0.1, 0.15) is 140 Å². The van der Waals surface area contributed by atoms with Crippen molar-refractivity contribution in [1.29, 1.82) is 0 Å². The van der Waals surface area contributed by atoms with Crippen molar-refractivity contribution in [3.63, 3.8) is 0 Å². The fraction of sp³-hybridized carbons (Fsp3) is 0.556. The van der Waals surface area contributed by atoms with Gasteiger partial charge in [-0.05, 0) is 116 Å². The number of hydrogen-bond donors (Lipinski definition) is 0. The first-order chi connectivity index (χ1) is 19.6. The molecule has 1 aliphatic rings. The molecule has 0 amide bonds. The lowest BCUT2D eigenvalue weighted by Gasteiger charge is -2.38. The summed E-state index contributed by atoms with van der Waals surface area (Å²) in [5.74, 6) is -1.21. The number of benzene rings is 2. The number of carbonyl (C=O) groups is 2. The molecule has 6 heteroatoms. The van der Waals surface area contributed by atoms with E-state index in [-0.39, 0.29) is 52.7 Å². The number of halogens is 2. The summed E-state index contributed by atoms with van der Waals surface area (Å²) < 4.78 is 38.0. The molecule has 0 saturated heterocycles. The molecule has 232 valence electrons. The highest BCUT2D eigenvalue weighted by Gasteiger charge is 2.39. The summed E-state index contributed by atoms with van der Waals surface area (Å²) in [6.45, 7) is 20.7. The van der Waals surface area contributed by atoms with Crippen LogP contribution in [0, 0.1) is 11.6 Å². The summed E-state index contributed by atoms with van der Waals surface area (Å²) in [5, 5.41) is 0. The van der Waals surface area contributed by atoms with Gasteiger partial charge in [-0.1, -0.05) is 59.3 Å². The third-order valence-corrected chi connectivity index (χ3v) is 7.88. The summed E-state index contributed by atoms with van der Waals surface area (Å²) in [5.41, 5.74) is 5.69. The number of fused-ring (bicyclic) bond motifs is 1. The molecule has 0 radical (unpaired) electrons. The topological polar surface area (TPSA) is 52.6 Å². The highest BCUT2D eigenvalue weighted by molar-refractivity contribution is 5.80. The maximum Gasteiger partial charge on any atom is 0.313 e. The molecule has 3 rings (SSSR count). The van der Waals surface area contributed by atoms with Crippen molar-refractivity contribution >= 4 is 11.9 Å². The number of ether oxygens (including phenoxy) is 2. The third-order valence-electron chi connectivity index (χ3n) is 7.88. The fourth-order valence-electron chi connectivity index (χ4n) is 5.64. The van der Waals surface area contributed by atoms with Gasteiger partial charge in [-0.25, -0.2) is 8.78 Å². The molecule has 0 heterocycles. The molecule has 0 aromatic heterocycles. The van der Waals surface area contributed by atoms with Crippen molar-refractivity contribution in [3.8, 4) is 0 Å². The van der Waals surface area contributed by atoms with E-state index < -0.39 is 0 Å². The zero-order chi connectivity index (χ0) is 31.8. The highest BCUT2D eigenvalue weighted by Crippen LogP contribution is 2.46. The summed E-state index contributed by atoms with van der Waals surface area (Å²) in [7, 11) is 0. The van der Waals surface area contributed by atoms with Crippen LogP contribution in [-0.4, -0.2) is 25.2 Å². The maximum atomic E-state index is 14.0. The number of carbonyl (C=O) groups excluding carboxylic acids is 2. The minimum atomic E-state index is -0.377. The van der Waals surface area contributed by atoms with Gasteiger partial charge in [-0.3, -0.25) is 9.59 Å². The van der Waals surface area contributed by atoms with Crippen LogP contribution < -0.4 is 0 Å². The van der Waals surface area contributed by atoms with Crippen molar-refractivity contribution in [2.24, 2.45) is 0 Å². The van der Waals surface area contributed by atoms with E-state index in [1.165, 1.54) is 12.1 Å². The second kappa shape index (κ2) is 15.5. The van der Waals surface area contributed by atoms with Crippen LogP contribution in [0.15, 0.2) is 42.0 Å². The molecule has 2 aromatic rings. The summed E-state index contributed by atoms with van der Waals surface area (Å²) in [6.07, 6.45) is 4.23. The van der Waals surface area contributed by atoms with Gasteiger partial charge in [0, 0.05) is 0 Å². The van der Waals surface area contributed by atoms with Gasteiger partial charge in [0.1, 0.15) is 11.6 Å². The second-order valence-electron chi connectivity index (χ2n) is 12.6. The van der Waals surface area contributed by atoms with Gasteiger partial charge in [-0.2, -0.15) is 0 Å². The van der Waals surface area contributed by atoms with Crippen molar-refractivity contribution in [2.45, 2.75) is 118 Å². The Bertz CT molecular complexity index is 1260. The number of allylic oxidation sites excluding steroid dienone is 2. The lowest BCUT2D eigenvalue weighted by molar-refractivity contribution is -0.146. The normalized spacial score (nSPS) is 16.2. The predicted octanol–water partition coefficient (Wildman–Crippen LogP) is 9.62. The Hall–Kier alpha value is -3.02. The average molecular weight is 585 g/mol. The quantitative estimate of drug-likeness (QED) is 0.218. The Labute approximate surface area is 251 Å². The van der Waals surface area contributed by atoms with Crippen LogP contribution in [0.3, 0.4) is 0 Å². The van der Waals surface area contributed by atoms with E-state index in [4.69, 9.17) is 9.47 Å². The first kappa shape index (κ1) is 35.2. The monoisotopic (exact) mass is 584 g/mol. The summed E-state index contributed by atoms with van der Waals surface area (Å²) >= 11 is 0. The smallest absolute Gasteiger partial charge is 0.313 e. The van der Waals surface area contributed by atoms with Gasteiger partial charge in [0.2, 0.25) is 0 Å². The number of rotatable bonds is 9. The van der Waals surface area contributed by atoms with Gasteiger partial charge in [0.05, 0.1) is 25.0 Å². The summed E-state index contributed by atoms with van der Waals surface area (Å²) in [4.78, 5) is 24.6. The molecular weight excluding hydrogens is 534 g/mol. The van der Waals surface area contributed by atoms with E-state index in [1.807, 2.05) is 54.5 Å². The Kier molecular flexibility index (Phi) is 12.9. The van der Waals surface area contributed by atoms with Crippen LogP contribution >= 0.6 is 0 Å². The number of esters is 2. The molecule has 0 N–H and O–H groups in total. The fourth-order valence-corrected chi connectivity index (χ4v) is 5.64. The first-order valence-electron chi connectivity index (χ1n) is 15.2. The van der Waals surface area contributed by atoms with E-state index in [9.17, 15) is 18.4 Å². The highest BCUT2D eigenvalue weighted by atomic mass is 19.1. The zero-order valence-corrected chi connectivity index (χ0v) is 27.2. The van der Waals surface area contributed by atoms with E-state index in [2.05, 4.69) is 13.8 Å². The van der Waals surface area contributed by atoms with Crippen molar-refractivity contribution in [1.82, 2.24) is 0 Å². The van der Waals surface area contributed by atoms with E-state index in [1.54, 1.807) is 25.1 Å². The van der Waals surface area contributed by atoms with Gasteiger partial charge < -0.3 is 9.47 Å². The zero-order valence-electron chi connectivity index (χ0n) is 27.2. The van der Waals surface area contributed by atoms with Crippen LogP contribution in [-0.2, 0) is 24.5 Å². The Balaban J connectivity index is 0.000000293. The molecule has 0 fully saturated rings. The van der Waals surface area contributed by atoms with E-state index in [0.29, 0.717) is 19.6 Å². The maximum absolute atomic E-state index is 14.0. The second-order valence-corrected chi connectivity index (χ2v) is 12.6. The average Bonchev–Trinajstić information content (AvgIpc) is 2.89. The Morgan fingerprint density at radius 1 is 0.905 bits per heavy atom. The SMILES string of the molecule is CCOC(=O)C(CC=C(C)C)c1ccc(F)cc1C(C)C.CCOC(=O)C1CCC(C)(C)c2cc(F)cc(C(C)C)c21. The molecule has 1 aliphatic carbocycles. The number of hydrogen-bond acceptors (Lipinski definition) is 4. The van der Waals surface area contributed by atoms with E-state index in [0.717, 1.165) is 46.2 Å². The summed E-state index contributed by atoms with van der Waals surface area (Å²) in [6, 6.07) is 7.83. The molecule has 0 spiro atoms. The van der Waals surface area contributed by atoms with Crippen LogP contribution in [0.5, 0.6) is 0 Å². The molecule has 0 aliphatic heterocycles. The molecule has 0 bridgehead atoms. The molecule has 0 saturated carbocycles. The Morgan fingerprint density at radius 2 is 1.50 bits per heavy atom. The van der Waals surface area contributed by atoms with Gasteiger partial charge >= 0.3 is 11.9 Å². The predicted molar refractivity (Wildman–Crippen MR) is 166 cm³/mol. The third kappa shape index (κ3) is 8.99. The van der Waals surface area contributed by atoms with Crippen molar-refractivity contribution in [2.75, 3.05) is 13.2 Å². The standard InChI is InChI=1S/2C18H25FO2/c1-6-21-17(20)13-7-8-18(4,5)15-10-12(19)9-14(11(2)3)16(13)15;1-6-21-18(20)16(9-7-12(2)3)15-10-8-14(19)11-17(15)13(4)5/h9-11,13H,6-8H2,1-5H3;7-8,10-11,13,16H,6,9H2,1-5H3. The molecule has 4 nitrogen and oxygen atoms in total. The van der Waals surface area contributed by atoms with Gasteiger partial charge in [-0.15, -0.1) is 0 Å². The van der Waals surface area contributed by atoms with Crippen molar-refractivity contribution in [3.05, 3.63) is 81.4 Å². The minimum absolute atomic E-state index is 0.107. The lowest BCUT2D eigenvalue weighted by Crippen LogP contribution is -2.32. The van der Waals surface area contributed by atoms with Gasteiger partial charge in [0.15, 0.2) is 0 Å². The molecule has 2 aromatic carbocycles. The molecule has 2 unspecified atom stereocenters. The molecular formula is C36H50F2O4. The molecule has 42 heavy (non-hydrogen) atoms. The largest absolute Gasteiger partial charge is 0.466 e. The first-order valence-corrected chi connectivity index (χ1v) is 15.2. The van der Waals surface area contributed by atoms with Crippen LogP contribution in [0.4, 0.5) is 8.78 Å². The van der Waals surface area contributed by atoms with E-state index >= 15 is 0 Å². The lowest BCUT2D eigenvalue weighted by atomic mass is 9.66. The van der Waals surface area contributed by atoms with Gasteiger partial charge in [0.25, 0.3) is 0 Å². The van der Waals surface area contributed by atoms with Crippen molar-refractivity contribution < 1.29 is 27.8 Å².